The van der Waals surface area contributed by atoms with Crippen LogP contribution in [0.5, 0.6) is 0 Å². The molecule has 1 N–H and O–H groups in total. The lowest BCUT2D eigenvalue weighted by Gasteiger charge is -2.22. The summed E-state index contributed by atoms with van der Waals surface area (Å²) in [5, 5.41) is 3.46. The van der Waals surface area contributed by atoms with Crippen LogP contribution in [0.3, 0.4) is 0 Å². The Balaban J connectivity index is 1.83. The van der Waals surface area contributed by atoms with Crippen LogP contribution in [0.15, 0.2) is 24.3 Å². The summed E-state index contributed by atoms with van der Waals surface area (Å²) in [6, 6.07) is 7.43. The lowest BCUT2D eigenvalue weighted by molar-refractivity contribution is -0.132. The third kappa shape index (κ3) is 4.71. The van der Waals surface area contributed by atoms with Gasteiger partial charge in [-0.05, 0) is 24.5 Å². The van der Waals surface area contributed by atoms with Gasteiger partial charge in [0.25, 0.3) is 0 Å². The van der Waals surface area contributed by atoms with Crippen molar-refractivity contribution < 1.29 is 14.3 Å². The molecule has 0 aromatic heterocycles. The standard InChI is InChI=1S/C16H21ClN2O3/c1-12(20)19(11-13-5-2-3-6-14(13)17)9-8-18-16(21)15-7-4-10-22-15/h2-3,5-6,15H,4,7-11H2,1H3,(H,18,21). The number of amides is 2. The van der Waals surface area contributed by atoms with Gasteiger partial charge < -0.3 is 15.0 Å². The molecule has 0 bridgehead atoms. The maximum absolute atomic E-state index is 11.8. The largest absolute Gasteiger partial charge is 0.368 e. The summed E-state index contributed by atoms with van der Waals surface area (Å²) in [6.45, 7) is 3.44. The van der Waals surface area contributed by atoms with Crippen LogP contribution >= 0.6 is 11.6 Å². The highest BCUT2D eigenvalue weighted by molar-refractivity contribution is 6.31. The Bertz CT molecular complexity index is 530. The number of rotatable bonds is 6. The van der Waals surface area contributed by atoms with Gasteiger partial charge in [0.2, 0.25) is 11.8 Å². The molecule has 22 heavy (non-hydrogen) atoms. The number of benzene rings is 1. The average Bonchev–Trinajstić information content (AvgIpc) is 3.02. The van der Waals surface area contributed by atoms with E-state index in [1.54, 1.807) is 11.0 Å². The van der Waals surface area contributed by atoms with Crippen LogP contribution in [0.2, 0.25) is 5.02 Å². The van der Waals surface area contributed by atoms with Crippen LogP contribution in [0, 0.1) is 0 Å². The number of nitrogens with one attached hydrogen (secondary N) is 1. The molecule has 0 saturated carbocycles. The molecule has 6 heteroatoms. The summed E-state index contributed by atoms with van der Waals surface area (Å²) in [7, 11) is 0. The molecule has 1 saturated heterocycles. The second kappa shape index (κ2) is 8.15. The van der Waals surface area contributed by atoms with E-state index in [2.05, 4.69) is 5.32 Å². The maximum atomic E-state index is 11.8. The van der Waals surface area contributed by atoms with E-state index >= 15 is 0 Å². The number of hydrogen-bond donors (Lipinski definition) is 1. The number of hydrogen-bond acceptors (Lipinski definition) is 3. The first kappa shape index (κ1) is 16.8. The molecule has 1 atom stereocenters. The predicted molar refractivity (Wildman–Crippen MR) is 84.5 cm³/mol. The first-order chi connectivity index (χ1) is 10.6. The second-order valence-corrected chi connectivity index (χ2v) is 5.73. The van der Waals surface area contributed by atoms with E-state index in [-0.39, 0.29) is 17.9 Å². The molecule has 1 aromatic rings. The van der Waals surface area contributed by atoms with Crippen molar-refractivity contribution in [2.45, 2.75) is 32.4 Å². The molecule has 0 radical (unpaired) electrons. The lowest BCUT2D eigenvalue weighted by Crippen LogP contribution is -2.40. The van der Waals surface area contributed by atoms with Crippen molar-refractivity contribution in [1.82, 2.24) is 10.2 Å². The maximum Gasteiger partial charge on any atom is 0.249 e. The molecule has 1 unspecified atom stereocenters. The fourth-order valence-electron chi connectivity index (χ4n) is 2.39. The molecular formula is C16H21ClN2O3. The second-order valence-electron chi connectivity index (χ2n) is 5.32. The van der Waals surface area contributed by atoms with Gasteiger partial charge in [0.1, 0.15) is 6.10 Å². The van der Waals surface area contributed by atoms with Gasteiger partial charge in [-0.1, -0.05) is 29.8 Å². The van der Waals surface area contributed by atoms with Crippen LogP contribution < -0.4 is 5.32 Å². The Hall–Kier alpha value is -1.59. The summed E-state index contributed by atoms with van der Waals surface area (Å²) >= 11 is 6.12. The molecule has 1 aliphatic rings. The zero-order valence-electron chi connectivity index (χ0n) is 12.7. The molecule has 120 valence electrons. The molecule has 0 spiro atoms. The van der Waals surface area contributed by atoms with E-state index < -0.39 is 0 Å². The highest BCUT2D eigenvalue weighted by Gasteiger charge is 2.23. The van der Waals surface area contributed by atoms with Gasteiger partial charge in [-0.2, -0.15) is 0 Å². The number of ether oxygens (including phenoxy) is 1. The molecule has 1 aromatic carbocycles. The fourth-order valence-corrected chi connectivity index (χ4v) is 2.59. The first-order valence-electron chi connectivity index (χ1n) is 7.46. The zero-order valence-corrected chi connectivity index (χ0v) is 13.4. The molecule has 5 nitrogen and oxygen atoms in total. The van der Waals surface area contributed by atoms with Crippen LogP contribution in [0.25, 0.3) is 0 Å². The molecule has 1 heterocycles. The summed E-state index contributed by atoms with van der Waals surface area (Å²) in [5.74, 6) is -0.148. The SMILES string of the molecule is CC(=O)N(CCNC(=O)C1CCCO1)Cc1ccccc1Cl. The van der Waals surface area contributed by atoms with E-state index in [4.69, 9.17) is 16.3 Å². The molecule has 2 amide bonds. The van der Waals surface area contributed by atoms with Crippen molar-refractivity contribution >= 4 is 23.4 Å². The van der Waals surface area contributed by atoms with Crippen molar-refractivity contribution in [2.75, 3.05) is 19.7 Å². The van der Waals surface area contributed by atoms with Gasteiger partial charge in [-0.3, -0.25) is 9.59 Å². The minimum Gasteiger partial charge on any atom is -0.368 e. The number of halogens is 1. The highest BCUT2D eigenvalue weighted by Crippen LogP contribution is 2.17. The first-order valence-corrected chi connectivity index (χ1v) is 7.84. The number of nitrogens with zero attached hydrogens (tertiary/aromatic N) is 1. The summed E-state index contributed by atoms with van der Waals surface area (Å²) < 4.78 is 5.32. The molecule has 2 rings (SSSR count). The van der Waals surface area contributed by atoms with Crippen molar-refractivity contribution in [2.24, 2.45) is 0 Å². The van der Waals surface area contributed by atoms with Crippen LogP contribution in [-0.4, -0.2) is 42.5 Å². The Morgan fingerprint density at radius 3 is 2.82 bits per heavy atom. The highest BCUT2D eigenvalue weighted by atomic mass is 35.5. The van der Waals surface area contributed by atoms with Gasteiger partial charge in [0.05, 0.1) is 0 Å². The topological polar surface area (TPSA) is 58.6 Å². The minimum atomic E-state index is -0.339. The Morgan fingerprint density at radius 1 is 1.41 bits per heavy atom. The van der Waals surface area contributed by atoms with Gasteiger partial charge >= 0.3 is 0 Å². The summed E-state index contributed by atoms with van der Waals surface area (Å²) in [4.78, 5) is 25.2. The van der Waals surface area contributed by atoms with E-state index in [1.807, 2.05) is 18.2 Å². The molecule has 1 fully saturated rings. The van der Waals surface area contributed by atoms with Gasteiger partial charge in [-0.25, -0.2) is 0 Å². The molecule has 0 aliphatic carbocycles. The van der Waals surface area contributed by atoms with Crippen LogP contribution in [-0.2, 0) is 20.9 Å². The third-order valence-corrected chi connectivity index (χ3v) is 4.04. The fraction of sp³-hybridized carbons (Fsp3) is 0.500. The third-order valence-electron chi connectivity index (χ3n) is 3.67. The Morgan fingerprint density at radius 2 is 2.18 bits per heavy atom. The van der Waals surface area contributed by atoms with Crippen molar-refractivity contribution in [3.8, 4) is 0 Å². The summed E-state index contributed by atoms with van der Waals surface area (Å²) in [6.07, 6.45) is 1.35. The monoisotopic (exact) mass is 324 g/mol. The Kier molecular flexibility index (Phi) is 6.21. The quantitative estimate of drug-likeness (QED) is 0.870. The van der Waals surface area contributed by atoms with E-state index in [1.165, 1.54) is 6.92 Å². The van der Waals surface area contributed by atoms with Gasteiger partial charge in [0.15, 0.2) is 0 Å². The average molecular weight is 325 g/mol. The zero-order chi connectivity index (χ0) is 15.9. The van der Waals surface area contributed by atoms with Crippen molar-refractivity contribution in [1.29, 1.82) is 0 Å². The van der Waals surface area contributed by atoms with Crippen LogP contribution in [0.1, 0.15) is 25.3 Å². The predicted octanol–water partition coefficient (Wildman–Crippen LogP) is 1.98. The lowest BCUT2D eigenvalue weighted by atomic mass is 10.2. The van der Waals surface area contributed by atoms with E-state index in [0.717, 1.165) is 18.4 Å². The van der Waals surface area contributed by atoms with Crippen molar-refractivity contribution in [3.63, 3.8) is 0 Å². The van der Waals surface area contributed by atoms with Crippen LogP contribution in [0.4, 0.5) is 0 Å². The smallest absolute Gasteiger partial charge is 0.249 e. The molecule has 1 aliphatic heterocycles. The van der Waals surface area contributed by atoms with E-state index in [0.29, 0.717) is 31.3 Å². The van der Waals surface area contributed by atoms with Gasteiger partial charge in [-0.15, -0.1) is 0 Å². The summed E-state index contributed by atoms with van der Waals surface area (Å²) in [5.41, 5.74) is 0.893. The van der Waals surface area contributed by atoms with Gasteiger partial charge in [0, 0.05) is 38.2 Å². The normalized spacial score (nSPS) is 17.3. The minimum absolute atomic E-state index is 0.0497. The van der Waals surface area contributed by atoms with Crippen molar-refractivity contribution in [3.05, 3.63) is 34.9 Å². The number of carbonyl (C=O) groups is 2. The van der Waals surface area contributed by atoms with E-state index in [9.17, 15) is 9.59 Å². The molecular weight excluding hydrogens is 304 g/mol. The Labute approximate surface area is 135 Å². The number of carbonyl (C=O) groups excluding carboxylic acids is 2.